The van der Waals surface area contributed by atoms with E-state index < -0.39 is 0 Å². The third kappa shape index (κ3) is 6.64. The summed E-state index contributed by atoms with van der Waals surface area (Å²) >= 11 is 7.27. The molecule has 0 nitrogen and oxygen atoms in total. The zero-order chi connectivity index (χ0) is 9.78. The van der Waals surface area contributed by atoms with E-state index in [-0.39, 0.29) is 5.41 Å². The molecule has 0 saturated carbocycles. The van der Waals surface area contributed by atoms with E-state index in [4.69, 9.17) is 11.6 Å². The van der Waals surface area contributed by atoms with Gasteiger partial charge >= 0.3 is 0 Å². The first-order valence-electron chi connectivity index (χ1n) is 3.85. The summed E-state index contributed by atoms with van der Waals surface area (Å²) in [5.41, 5.74) is 0.0769. The third-order valence-corrected chi connectivity index (χ3v) is 2.33. The summed E-state index contributed by atoms with van der Waals surface area (Å²) in [6.45, 7) is 10.1. The molecule has 0 unspecified atom stereocenters. The van der Waals surface area contributed by atoms with Crippen LogP contribution in [0.5, 0.6) is 0 Å². The summed E-state index contributed by atoms with van der Waals surface area (Å²) < 4.78 is 0. The molecule has 12 heavy (non-hydrogen) atoms. The van der Waals surface area contributed by atoms with Crippen LogP contribution >= 0.6 is 23.4 Å². The molecule has 2 heteroatoms. The van der Waals surface area contributed by atoms with Crippen LogP contribution in [0.15, 0.2) is 9.94 Å². The SMILES string of the molecule is C/C(Cl)=C(\C)SC#CC(C)(C)C. The molecule has 0 aliphatic carbocycles. The van der Waals surface area contributed by atoms with Crippen molar-refractivity contribution in [2.24, 2.45) is 5.41 Å². The highest BCUT2D eigenvalue weighted by Crippen LogP contribution is 2.21. The summed E-state index contributed by atoms with van der Waals surface area (Å²) in [7, 11) is 0. The Morgan fingerprint density at radius 2 is 1.75 bits per heavy atom. The number of hydrogen-bond acceptors (Lipinski definition) is 1. The van der Waals surface area contributed by atoms with E-state index in [1.165, 1.54) is 11.8 Å². The van der Waals surface area contributed by atoms with Crippen LogP contribution < -0.4 is 0 Å². The molecular formula is C10H15ClS. The molecule has 0 aliphatic heterocycles. The Balaban J connectivity index is 4.15. The number of rotatable bonds is 1. The van der Waals surface area contributed by atoms with E-state index in [0.29, 0.717) is 0 Å². The first-order chi connectivity index (χ1) is 5.33. The van der Waals surface area contributed by atoms with Crippen molar-refractivity contribution in [1.29, 1.82) is 0 Å². The fourth-order valence-electron chi connectivity index (χ4n) is 0.325. The van der Waals surface area contributed by atoms with E-state index in [9.17, 15) is 0 Å². The smallest absolute Gasteiger partial charge is 0.0251 e. The van der Waals surface area contributed by atoms with Crippen molar-refractivity contribution in [1.82, 2.24) is 0 Å². The van der Waals surface area contributed by atoms with E-state index in [0.717, 1.165) is 9.94 Å². The quantitative estimate of drug-likeness (QED) is 0.574. The molecule has 0 amide bonds. The van der Waals surface area contributed by atoms with Crippen LogP contribution in [0.25, 0.3) is 0 Å². The van der Waals surface area contributed by atoms with Crippen molar-refractivity contribution >= 4 is 23.4 Å². The van der Waals surface area contributed by atoms with Gasteiger partial charge in [0.05, 0.1) is 0 Å². The van der Waals surface area contributed by atoms with E-state index in [1.807, 2.05) is 13.8 Å². The molecule has 0 aromatic heterocycles. The molecule has 0 radical (unpaired) electrons. The van der Waals surface area contributed by atoms with Gasteiger partial charge in [0.15, 0.2) is 0 Å². The van der Waals surface area contributed by atoms with Gasteiger partial charge in [-0.3, -0.25) is 0 Å². The molecule has 0 spiro atoms. The maximum absolute atomic E-state index is 5.77. The fraction of sp³-hybridized carbons (Fsp3) is 0.600. The molecule has 0 bridgehead atoms. The van der Waals surface area contributed by atoms with Crippen LogP contribution in [0.3, 0.4) is 0 Å². The number of thioether (sulfide) groups is 1. The second-order valence-electron chi connectivity index (χ2n) is 3.67. The molecule has 0 atom stereocenters. The topological polar surface area (TPSA) is 0 Å². The Bertz CT molecular complexity index is 231. The van der Waals surface area contributed by atoms with Crippen molar-refractivity contribution in [2.75, 3.05) is 0 Å². The largest absolute Gasteiger partial charge is 0.0886 e. The van der Waals surface area contributed by atoms with Crippen LogP contribution in [0.2, 0.25) is 0 Å². The lowest BCUT2D eigenvalue weighted by Gasteiger charge is -2.06. The van der Waals surface area contributed by atoms with Crippen molar-refractivity contribution < 1.29 is 0 Å². The van der Waals surface area contributed by atoms with E-state index >= 15 is 0 Å². The van der Waals surface area contributed by atoms with Gasteiger partial charge in [-0.1, -0.05) is 17.5 Å². The predicted molar refractivity (Wildman–Crippen MR) is 59.0 cm³/mol. The van der Waals surface area contributed by atoms with E-state index in [2.05, 4.69) is 31.9 Å². The summed E-state index contributed by atoms with van der Waals surface area (Å²) in [5, 5.41) is 3.85. The van der Waals surface area contributed by atoms with Crippen LogP contribution in [0, 0.1) is 16.6 Å². The molecule has 0 saturated heterocycles. The van der Waals surface area contributed by atoms with Crippen LogP contribution in [-0.2, 0) is 0 Å². The van der Waals surface area contributed by atoms with Gasteiger partial charge in [0.2, 0.25) is 0 Å². The fourth-order valence-corrected chi connectivity index (χ4v) is 1.09. The van der Waals surface area contributed by atoms with Gasteiger partial charge in [-0.25, -0.2) is 0 Å². The highest BCUT2D eigenvalue weighted by molar-refractivity contribution is 8.07. The van der Waals surface area contributed by atoms with Crippen LogP contribution in [0.4, 0.5) is 0 Å². The average Bonchev–Trinajstić information content (AvgIpc) is 1.84. The monoisotopic (exact) mass is 202 g/mol. The van der Waals surface area contributed by atoms with Gasteiger partial charge < -0.3 is 0 Å². The third-order valence-electron chi connectivity index (χ3n) is 1.12. The normalized spacial score (nSPS) is 13.2. The van der Waals surface area contributed by atoms with Crippen molar-refractivity contribution in [2.45, 2.75) is 34.6 Å². The molecule has 0 aromatic rings. The lowest BCUT2D eigenvalue weighted by atomic mass is 9.99. The van der Waals surface area contributed by atoms with E-state index in [1.54, 1.807) is 0 Å². The lowest BCUT2D eigenvalue weighted by Crippen LogP contribution is -1.98. The average molecular weight is 203 g/mol. The Hall–Kier alpha value is -0.0600. The molecule has 0 aliphatic rings. The van der Waals surface area contributed by atoms with Gasteiger partial charge in [0, 0.05) is 15.4 Å². The number of hydrogen-bond donors (Lipinski definition) is 0. The summed E-state index contributed by atoms with van der Waals surface area (Å²) in [6, 6.07) is 0. The van der Waals surface area contributed by atoms with Crippen molar-refractivity contribution in [3.8, 4) is 11.2 Å². The molecule has 0 N–H and O–H groups in total. The zero-order valence-electron chi connectivity index (χ0n) is 8.29. The Kier molecular flexibility index (Phi) is 4.82. The molecule has 68 valence electrons. The summed E-state index contributed by atoms with van der Waals surface area (Å²) in [4.78, 5) is 1.08. The molecular weight excluding hydrogens is 188 g/mol. The van der Waals surface area contributed by atoms with Crippen molar-refractivity contribution in [3.63, 3.8) is 0 Å². The summed E-state index contributed by atoms with van der Waals surface area (Å²) in [5.74, 6) is 3.13. The highest BCUT2D eigenvalue weighted by atomic mass is 35.5. The lowest BCUT2D eigenvalue weighted by molar-refractivity contribution is 0.571. The zero-order valence-corrected chi connectivity index (χ0v) is 9.86. The molecule has 0 aromatic carbocycles. The minimum Gasteiger partial charge on any atom is -0.0886 e. The number of allylic oxidation sites excluding steroid dienone is 2. The van der Waals surface area contributed by atoms with Gasteiger partial charge in [0.25, 0.3) is 0 Å². The molecule has 0 rings (SSSR count). The minimum atomic E-state index is 0.0769. The minimum absolute atomic E-state index is 0.0769. The van der Waals surface area contributed by atoms with Crippen LogP contribution in [0.1, 0.15) is 34.6 Å². The van der Waals surface area contributed by atoms with Gasteiger partial charge in [0.1, 0.15) is 0 Å². The molecule has 0 fully saturated rings. The van der Waals surface area contributed by atoms with Gasteiger partial charge in [-0.2, -0.15) is 0 Å². The predicted octanol–water partition coefficient (Wildman–Crippen LogP) is 4.22. The number of halogens is 1. The van der Waals surface area contributed by atoms with Crippen LogP contribution in [-0.4, -0.2) is 0 Å². The van der Waals surface area contributed by atoms with Gasteiger partial charge in [-0.05, 0) is 51.6 Å². The highest BCUT2D eigenvalue weighted by Gasteiger charge is 2.03. The maximum Gasteiger partial charge on any atom is 0.0251 e. The Labute approximate surface area is 84.8 Å². The Morgan fingerprint density at radius 3 is 2.08 bits per heavy atom. The molecule has 0 heterocycles. The Morgan fingerprint density at radius 1 is 1.25 bits per heavy atom. The first-order valence-corrected chi connectivity index (χ1v) is 5.04. The first kappa shape index (κ1) is 11.9. The standard InChI is InChI=1S/C10H15ClS/c1-8(11)9(2)12-7-6-10(3,4)5/h1-5H3/b9-8-. The van der Waals surface area contributed by atoms with Gasteiger partial charge in [-0.15, -0.1) is 0 Å². The van der Waals surface area contributed by atoms with Crippen molar-refractivity contribution in [3.05, 3.63) is 9.94 Å². The second kappa shape index (κ2) is 4.84. The second-order valence-corrected chi connectivity index (χ2v) is 5.26. The maximum atomic E-state index is 5.77. The summed E-state index contributed by atoms with van der Waals surface area (Å²) in [6.07, 6.45) is 0.